The van der Waals surface area contributed by atoms with Crippen molar-refractivity contribution in [2.45, 2.75) is 54.0 Å². The third kappa shape index (κ3) is 7.48. The molecule has 6 atom stereocenters. The summed E-state index contributed by atoms with van der Waals surface area (Å²) in [6, 6.07) is 29.5. The van der Waals surface area contributed by atoms with E-state index in [1.54, 1.807) is 0 Å². The van der Waals surface area contributed by atoms with Crippen LogP contribution in [0.3, 0.4) is 0 Å². The van der Waals surface area contributed by atoms with Gasteiger partial charge in [-0.2, -0.15) is 0 Å². The van der Waals surface area contributed by atoms with Gasteiger partial charge in [-0.15, -0.1) is 0 Å². The standard InChI is InChI=1S/C29H29Cl3O6/c30-29(31,32)19-36-28-26(34-17-21-12-6-2-7-13-21)25(33-16-20-10-4-1-5-11-20)24-23(37-28)18-35-27(38-24)22-14-8-3-9-15-22/h1-15,23-28H,16-19H2/t23-,24-,25+,26+,27?,28+/m1/s1. The maximum Gasteiger partial charge on any atom is 0.213 e. The molecule has 38 heavy (non-hydrogen) atoms. The molecule has 6 nitrogen and oxygen atoms in total. The van der Waals surface area contributed by atoms with Gasteiger partial charge in [0.1, 0.15) is 24.4 Å². The lowest BCUT2D eigenvalue weighted by Gasteiger charge is -2.49. The van der Waals surface area contributed by atoms with E-state index in [0.717, 1.165) is 16.7 Å². The summed E-state index contributed by atoms with van der Waals surface area (Å²) in [5.41, 5.74) is 2.92. The summed E-state index contributed by atoms with van der Waals surface area (Å²) in [4.78, 5) is 0. The first-order valence-electron chi connectivity index (χ1n) is 12.4. The molecule has 2 fully saturated rings. The summed E-state index contributed by atoms with van der Waals surface area (Å²) in [5.74, 6) is 0. The smallest absolute Gasteiger partial charge is 0.213 e. The quantitative estimate of drug-likeness (QED) is 0.274. The molecule has 0 N–H and O–H groups in total. The average molecular weight is 580 g/mol. The van der Waals surface area contributed by atoms with Crippen molar-refractivity contribution in [3.05, 3.63) is 108 Å². The number of benzene rings is 3. The number of ether oxygens (including phenoxy) is 6. The van der Waals surface area contributed by atoms with Gasteiger partial charge in [-0.3, -0.25) is 0 Å². The van der Waals surface area contributed by atoms with E-state index in [-0.39, 0.29) is 13.2 Å². The molecule has 5 rings (SSSR count). The van der Waals surface area contributed by atoms with E-state index < -0.39 is 40.8 Å². The van der Waals surface area contributed by atoms with Crippen molar-refractivity contribution < 1.29 is 28.4 Å². The molecule has 2 aliphatic heterocycles. The van der Waals surface area contributed by atoms with Gasteiger partial charge in [0, 0.05) is 5.56 Å². The predicted octanol–water partition coefficient (Wildman–Crippen LogP) is 6.38. The second kappa shape index (κ2) is 13.1. The fourth-order valence-corrected chi connectivity index (χ4v) is 4.73. The Bertz CT molecular complexity index is 1120. The van der Waals surface area contributed by atoms with E-state index in [4.69, 9.17) is 63.2 Å². The van der Waals surface area contributed by atoms with Gasteiger partial charge in [0.2, 0.25) is 3.79 Å². The molecule has 3 aromatic carbocycles. The van der Waals surface area contributed by atoms with Crippen LogP contribution in [0.4, 0.5) is 0 Å². The zero-order chi connectivity index (χ0) is 26.4. The first kappa shape index (κ1) is 27.8. The maximum absolute atomic E-state index is 6.52. The van der Waals surface area contributed by atoms with Crippen molar-refractivity contribution in [3.63, 3.8) is 0 Å². The minimum absolute atomic E-state index is 0.190. The van der Waals surface area contributed by atoms with Gasteiger partial charge >= 0.3 is 0 Å². The first-order valence-corrected chi connectivity index (χ1v) is 13.6. The van der Waals surface area contributed by atoms with Gasteiger partial charge < -0.3 is 28.4 Å². The van der Waals surface area contributed by atoms with Gasteiger partial charge in [-0.1, -0.05) is 126 Å². The van der Waals surface area contributed by atoms with Crippen molar-refractivity contribution >= 4 is 34.8 Å². The molecule has 0 spiro atoms. The van der Waals surface area contributed by atoms with E-state index in [1.807, 2.05) is 91.0 Å². The van der Waals surface area contributed by atoms with E-state index in [0.29, 0.717) is 13.2 Å². The second-order valence-corrected chi connectivity index (χ2v) is 11.7. The fourth-order valence-electron chi connectivity index (χ4n) is 4.54. The summed E-state index contributed by atoms with van der Waals surface area (Å²) in [6.07, 6.45) is -3.66. The van der Waals surface area contributed by atoms with Crippen molar-refractivity contribution in [2.24, 2.45) is 0 Å². The molecule has 2 heterocycles. The lowest BCUT2D eigenvalue weighted by atomic mass is 9.97. The molecule has 3 aromatic rings. The zero-order valence-corrected chi connectivity index (χ0v) is 22.8. The van der Waals surface area contributed by atoms with Gasteiger partial charge in [0.25, 0.3) is 0 Å². The van der Waals surface area contributed by atoms with Crippen LogP contribution in [-0.2, 0) is 41.6 Å². The number of alkyl halides is 3. The third-order valence-corrected chi connectivity index (χ3v) is 6.66. The monoisotopic (exact) mass is 578 g/mol. The van der Waals surface area contributed by atoms with Crippen molar-refractivity contribution in [1.29, 1.82) is 0 Å². The van der Waals surface area contributed by atoms with E-state index in [1.165, 1.54) is 0 Å². The summed E-state index contributed by atoms with van der Waals surface area (Å²) in [5, 5.41) is 0. The first-order chi connectivity index (χ1) is 18.5. The van der Waals surface area contributed by atoms with Crippen molar-refractivity contribution in [2.75, 3.05) is 13.2 Å². The molecular weight excluding hydrogens is 551 g/mol. The van der Waals surface area contributed by atoms with Crippen molar-refractivity contribution in [1.82, 2.24) is 0 Å². The lowest BCUT2D eigenvalue weighted by molar-refractivity contribution is -0.372. The highest BCUT2D eigenvalue weighted by atomic mass is 35.6. The highest BCUT2D eigenvalue weighted by Crippen LogP contribution is 2.38. The van der Waals surface area contributed by atoms with Crippen LogP contribution in [0.25, 0.3) is 0 Å². The summed E-state index contributed by atoms with van der Waals surface area (Å²) in [7, 11) is 0. The molecule has 2 aliphatic rings. The van der Waals surface area contributed by atoms with Crippen LogP contribution >= 0.6 is 34.8 Å². The summed E-state index contributed by atoms with van der Waals surface area (Å²) < 4.78 is 36.1. The molecule has 1 unspecified atom stereocenters. The number of halogens is 3. The average Bonchev–Trinajstić information content (AvgIpc) is 2.94. The lowest BCUT2D eigenvalue weighted by Crippen LogP contribution is -2.63. The Labute approximate surface area is 237 Å². The number of hydrogen-bond acceptors (Lipinski definition) is 6. The predicted molar refractivity (Wildman–Crippen MR) is 145 cm³/mol. The Kier molecular flexibility index (Phi) is 9.59. The van der Waals surface area contributed by atoms with Crippen LogP contribution in [0.2, 0.25) is 0 Å². The van der Waals surface area contributed by atoms with Crippen LogP contribution in [-0.4, -0.2) is 47.7 Å². The Morgan fingerprint density at radius 2 is 1.24 bits per heavy atom. The summed E-state index contributed by atoms with van der Waals surface area (Å²) >= 11 is 18.0. The molecule has 0 saturated carbocycles. The van der Waals surface area contributed by atoms with Gasteiger partial charge in [0.05, 0.1) is 26.4 Å². The van der Waals surface area contributed by atoms with Crippen LogP contribution in [0, 0.1) is 0 Å². The molecule has 0 amide bonds. The van der Waals surface area contributed by atoms with E-state index >= 15 is 0 Å². The minimum Gasteiger partial charge on any atom is -0.368 e. The largest absolute Gasteiger partial charge is 0.368 e. The van der Waals surface area contributed by atoms with Crippen LogP contribution in [0.15, 0.2) is 91.0 Å². The van der Waals surface area contributed by atoms with Crippen LogP contribution in [0.1, 0.15) is 23.0 Å². The Balaban J connectivity index is 1.42. The Morgan fingerprint density at radius 3 is 1.82 bits per heavy atom. The zero-order valence-electron chi connectivity index (χ0n) is 20.5. The fraction of sp³-hybridized carbons (Fsp3) is 0.379. The second-order valence-electron chi connectivity index (χ2n) is 9.17. The van der Waals surface area contributed by atoms with E-state index in [2.05, 4.69) is 0 Å². The molecule has 0 aromatic heterocycles. The van der Waals surface area contributed by atoms with Gasteiger partial charge in [-0.25, -0.2) is 0 Å². The molecule has 0 aliphatic carbocycles. The molecule has 2 saturated heterocycles. The third-order valence-electron chi connectivity index (χ3n) is 6.34. The molecule has 202 valence electrons. The van der Waals surface area contributed by atoms with Gasteiger partial charge in [0.15, 0.2) is 12.6 Å². The number of hydrogen-bond donors (Lipinski definition) is 0. The molecule has 9 heteroatoms. The Hall–Kier alpha value is -1.71. The highest BCUT2D eigenvalue weighted by Gasteiger charge is 2.52. The molecule has 0 radical (unpaired) electrons. The minimum atomic E-state index is -1.62. The molecule has 0 bridgehead atoms. The normalized spacial score (nSPS) is 27.6. The van der Waals surface area contributed by atoms with Crippen molar-refractivity contribution in [3.8, 4) is 0 Å². The SMILES string of the molecule is ClC(Cl)(Cl)CO[C@H]1O[C@@H]2COC(c3ccccc3)O[C@H]2[C@H](OCc2ccccc2)[C@@H]1OCc1ccccc1. The summed E-state index contributed by atoms with van der Waals surface area (Å²) in [6.45, 7) is 0.736. The van der Waals surface area contributed by atoms with E-state index in [9.17, 15) is 0 Å². The molecular formula is C29H29Cl3O6. The Morgan fingerprint density at radius 1 is 0.684 bits per heavy atom. The maximum atomic E-state index is 6.52. The van der Waals surface area contributed by atoms with Crippen LogP contribution in [0.5, 0.6) is 0 Å². The van der Waals surface area contributed by atoms with Crippen LogP contribution < -0.4 is 0 Å². The number of rotatable bonds is 9. The number of fused-ring (bicyclic) bond motifs is 1. The van der Waals surface area contributed by atoms with Gasteiger partial charge in [-0.05, 0) is 11.1 Å². The topological polar surface area (TPSA) is 55.4 Å². The highest BCUT2D eigenvalue weighted by molar-refractivity contribution is 6.67.